The largest absolute Gasteiger partial charge is 0.493 e. The van der Waals surface area contributed by atoms with E-state index < -0.39 is 17.1 Å². The minimum atomic E-state index is -0.535. The van der Waals surface area contributed by atoms with E-state index in [1.807, 2.05) is 26.0 Å². The van der Waals surface area contributed by atoms with Crippen molar-refractivity contribution in [3.63, 3.8) is 0 Å². The minimum Gasteiger partial charge on any atom is -0.493 e. The molecule has 1 fully saturated rings. The molecular formula is C28H24Cl2N2O5S. The van der Waals surface area contributed by atoms with Gasteiger partial charge in [-0.15, -0.1) is 0 Å². The first-order valence-corrected chi connectivity index (χ1v) is 13.1. The molecule has 0 bridgehead atoms. The third kappa shape index (κ3) is 6.51. The van der Waals surface area contributed by atoms with E-state index in [1.165, 1.54) is 7.11 Å². The molecule has 0 aromatic heterocycles. The van der Waals surface area contributed by atoms with Crippen molar-refractivity contribution in [3.05, 3.63) is 91.8 Å². The molecule has 10 heteroatoms. The third-order valence-corrected chi connectivity index (χ3v) is 7.34. The van der Waals surface area contributed by atoms with Crippen molar-refractivity contribution in [2.45, 2.75) is 20.5 Å². The minimum absolute atomic E-state index is 0.203. The summed E-state index contributed by atoms with van der Waals surface area (Å²) in [5.74, 6) is -0.0738. The number of benzene rings is 3. The molecule has 7 nitrogen and oxygen atoms in total. The fourth-order valence-corrected chi connectivity index (χ4v) is 4.94. The second-order valence-corrected chi connectivity index (χ2v) is 10.4. The van der Waals surface area contributed by atoms with E-state index in [0.717, 1.165) is 33.4 Å². The highest BCUT2D eigenvalue weighted by molar-refractivity contribution is 8.18. The Morgan fingerprint density at radius 1 is 1.00 bits per heavy atom. The number of hydrogen-bond donors (Lipinski definition) is 1. The van der Waals surface area contributed by atoms with Gasteiger partial charge in [0.2, 0.25) is 5.91 Å². The summed E-state index contributed by atoms with van der Waals surface area (Å²) in [6, 6.07) is 15.8. The summed E-state index contributed by atoms with van der Waals surface area (Å²) in [5.41, 5.74) is 4.12. The predicted octanol–water partition coefficient (Wildman–Crippen LogP) is 6.87. The number of thioether (sulfide) groups is 1. The number of methoxy groups -OCH3 is 1. The third-order valence-electron chi connectivity index (χ3n) is 5.85. The topological polar surface area (TPSA) is 84.9 Å². The summed E-state index contributed by atoms with van der Waals surface area (Å²) < 4.78 is 11.3. The zero-order valence-corrected chi connectivity index (χ0v) is 23.2. The number of anilines is 1. The lowest BCUT2D eigenvalue weighted by Gasteiger charge is -2.13. The summed E-state index contributed by atoms with van der Waals surface area (Å²) >= 11 is 12.9. The first-order valence-electron chi connectivity index (χ1n) is 11.5. The number of carbonyl (C=O) groups excluding carboxylic acids is 3. The molecule has 3 amide bonds. The van der Waals surface area contributed by atoms with Gasteiger partial charge in [0.25, 0.3) is 11.1 Å². The second-order valence-electron chi connectivity index (χ2n) is 8.55. The number of nitrogens with zero attached hydrogens (tertiary/aromatic N) is 1. The highest BCUT2D eigenvalue weighted by Gasteiger charge is 2.36. The summed E-state index contributed by atoms with van der Waals surface area (Å²) in [5, 5.41) is 3.25. The number of aryl methyl sites for hydroxylation is 2. The quantitative estimate of drug-likeness (QED) is 0.297. The Bertz CT molecular complexity index is 1460. The van der Waals surface area contributed by atoms with Crippen molar-refractivity contribution in [2.24, 2.45) is 0 Å². The molecule has 0 radical (unpaired) electrons. The number of ether oxygens (including phenoxy) is 2. The fourth-order valence-electron chi connectivity index (χ4n) is 3.64. The van der Waals surface area contributed by atoms with Crippen molar-refractivity contribution in [1.29, 1.82) is 0 Å². The van der Waals surface area contributed by atoms with Crippen LogP contribution in [0.5, 0.6) is 11.5 Å². The number of amides is 3. The summed E-state index contributed by atoms with van der Waals surface area (Å²) in [6.07, 6.45) is 1.58. The highest BCUT2D eigenvalue weighted by atomic mass is 35.5. The summed E-state index contributed by atoms with van der Waals surface area (Å²) in [6.45, 7) is 3.74. The van der Waals surface area contributed by atoms with E-state index in [2.05, 4.69) is 5.32 Å². The van der Waals surface area contributed by atoms with Gasteiger partial charge in [-0.3, -0.25) is 19.3 Å². The van der Waals surface area contributed by atoms with Crippen molar-refractivity contribution in [2.75, 3.05) is 19.0 Å². The van der Waals surface area contributed by atoms with Crippen LogP contribution in [0.25, 0.3) is 6.08 Å². The molecule has 4 rings (SSSR count). The van der Waals surface area contributed by atoms with Crippen LogP contribution < -0.4 is 14.8 Å². The molecule has 196 valence electrons. The van der Waals surface area contributed by atoms with E-state index in [9.17, 15) is 14.4 Å². The first-order chi connectivity index (χ1) is 18.1. The summed E-state index contributed by atoms with van der Waals surface area (Å²) in [7, 11) is 1.50. The van der Waals surface area contributed by atoms with Gasteiger partial charge in [0, 0.05) is 21.3 Å². The van der Waals surface area contributed by atoms with E-state index in [0.29, 0.717) is 32.8 Å². The van der Waals surface area contributed by atoms with Crippen LogP contribution in [0.4, 0.5) is 10.5 Å². The van der Waals surface area contributed by atoms with Crippen molar-refractivity contribution in [3.8, 4) is 11.5 Å². The number of nitrogens with one attached hydrogen (secondary N) is 1. The summed E-state index contributed by atoms with van der Waals surface area (Å²) in [4.78, 5) is 39.0. The van der Waals surface area contributed by atoms with Crippen molar-refractivity contribution >= 4 is 63.8 Å². The molecule has 3 aromatic rings. The number of imide groups is 1. The SMILES string of the molecule is COc1cc(/C=C2/SC(=O)N(CC(=O)Nc3ccc(C)c(C)c3)C2=O)ccc1OCc1ccc(Cl)cc1Cl. The molecule has 0 saturated carbocycles. The van der Waals surface area contributed by atoms with Crippen LogP contribution >= 0.6 is 35.0 Å². The van der Waals surface area contributed by atoms with Gasteiger partial charge in [-0.05, 0) is 84.8 Å². The predicted molar refractivity (Wildman–Crippen MR) is 151 cm³/mol. The van der Waals surface area contributed by atoms with Crippen LogP contribution in [0.3, 0.4) is 0 Å². The van der Waals surface area contributed by atoms with Crippen LogP contribution in [0.1, 0.15) is 22.3 Å². The lowest BCUT2D eigenvalue weighted by Crippen LogP contribution is -2.36. The Morgan fingerprint density at radius 2 is 1.79 bits per heavy atom. The molecule has 3 aromatic carbocycles. The Hall–Kier alpha value is -3.46. The lowest BCUT2D eigenvalue weighted by molar-refractivity contribution is -0.127. The van der Waals surface area contributed by atoms with E-state index >= 15 is 0 Å². The molecular weight excluding hydrogens is 547 g/mol. The van der Waals surface area contributed by atoms with Crippen molar-refractivity contribution in [1.82, 2.24) is 4.90 Å². The van der Waals surface area contributed by atoms with Crippen LogP contribution in [0, 0.1) is 13.8 Å². The Balaban J connectivity index is 1.43. The molecule has 1 aliphatic heterocycles. The van der Waals surface area contributed by atoms with Crippen LogP contribution in [-0.2, 0) is 16.2 Å². The van der Waals surface area contributed by atoms with Gasteiger partial charge in [0.15, 0.2) is 11.5 Å². The number of carbonyl (C=O) groups is 3. The van der Waals surface area contributed by atoms with Gasteiger partial charge < -0.3 is 14.8 Å². The van der Waals surface area contributed by atoms with E-state index in [1.54, 1.807) is 48.5 Å². The van der Waals surface area contributed by atoms with Crippen LogP contribution in [0.15, 0.2) is 59.5 Å². The normalized spacial score (nSPS) is 14.2. The molecule has 1 aliphatic rings. The zero-order valence-electron chi connectivity index (χ0n) is 20.8. The number of rotatable bonds is 8. The second kappa shape index (κ2) is 11.9. The number of hydrogen-bond acceptors (Lipinski definition) is 6. The molecule has 38 heavy (non-hydrogen) atoms. The maximum absolute atomic E-state index is 12.9. The van der Waals surface area contributed by atoms with E-state index in [4.69, 9.17) is 32.7 Å². The smallest absolute Gasteiger partial charge is 0.294 e. The molecule has 0 spiro atoms. The molecule has 1 saturated heterocycles. The van der Waals surface area contributed by atoms with Gasteiger partial charge in [0.05, 0.1) is 12.0 Å². The van der Waals surface area contributed by atoms with Crippen LogP contribution in [0.2, 0.25) is 10.0 Å². The van der Waals surface area contributed by atoms with Gasteiger partial charge in [0.1, 0.15) is 13.2 Å². The standard InChI is InChI=1S/C28H24Cl2N2O5S/c1-16-4-8-21(10-17(16)2)31-26(33)14-32-27(34)25(38-28(32)35)12-18-5-9-23(24(11-18)36-3)37-15-19-6-7-20(29)13-22(19)30/h4-13H,14-15H2,1-3H3,(H,31,33)/b25-12+. The average Bonchev–Trinajstić information content (AvgIpc) is 3.13. The first kappa shape index (κ1) is 27.6. The average molecular weight is 571 g/mol. The van der Waals surface area contributed by atoms with Crippen LogP contribution in [-0.4, -0.2) is 35.6 Å². The molecule has 0 aliphatic carbocycles. The molecule has 1 heterocycles. The maximum atomic E-state index is 12.9. The molecule has 0 atom stereocenters. The monoisotopic (exact) mass is 570 g/mol. The van der Waals surface area contributed by atoms with Gasteiger partial charge in [-0.2, -0.15) is 0 Å². The van der Waals surface area contributed by atoms with Crippen molar-refractivity contribution < 1.29 is 23.9 Å². The van der Waals surface area contributed by atoms with Gasteiger partial charge in [-0.25, -0.2) is 0 Å². The molecule has 0 unspecified atom stereocenters. The Labute approximate surface area is 234 Å². The maximum Gasteiger partial charge on any atom is 0.294 e. The highest BCUT2D eigenvalue weighted by Crippen LogP contribution is 2.35. The fraction of sp³-hybridized carbons (Fsp3) is 0.179. The Morgan fingerprint density at radius 3 is 2.50 bits per heavy atom. The Kier molecular flexibility index (Phi) is 8.66. The zero-order chi connectivity index (χ0) is 27.4. The number of halogens is 2. The molecule has 1 N–H and O–H groups in total. The van der Waals surface area contributed by atoms with Gasteiger partial charge in [-0.1, -0.05) is 41.4 Å². The van der Waals surface area contributed by atoms with Gasteiger partial charge >= 0.3 is 0 Å². The van der Waals surface area contributed by atoms with E-state index in [-0.39, 0.29) is 18.1 Å². The lowest BCUT2D eigenvalue weighted by atomic mass is 10.1.